The molecule has 0 aliphatic heterocycles. The van der Waals surface area contributed by atoms with Crippen LogP contribution in [0.3, 0.4) is 0 Å². The monoisotopic (exact) mass is 378 g/mol. The Morgan fingerprint density at radius 1 is 1.32 bits per heavy atom. The van der Waals surface area contributed by atoms with Gasteiger partial charge in [-0.1, -0.05) is 44.8 Å². The maximum absolute atomic E-state index is 12.5. The summed E-state index contributed by atoms with van der Waals surface area (Å²) in [7, 11) is 1.69. The molecule has 0 aliphatic rings. The number of fused-ring (bicyclic) bond motifs is 1. The number of halogens is 2. The zero-order chi connectivity index (χ0) is 15.7. The lowest BCUT2D eigenvalue weighted by Crippen LogP contribution is -2.28. The fourth-order valence-electron chi connectivity index (χ4n) is 2.22. The van der Waals surface area contributed by atoms with Gasteiger partial charge >= 0.3 is 0 Å². The van der Waals surface area contributed by atoms with Crippen molar-refractivity contribution in [3.63, 3.8) is 0 Å². The molecular weight excluding hydrogens is 368 g/mol. The van der Waals surface area contributed by atoms with E-state index in [0.717, 1.165) is 9.86 Å². The van der Waals surface area contributed by atoms with Gasteiger partial charge in [0.15, 0.2) is 5.58 Å². The molecule has 6 heteroatoms. The first-order valence-electron chi connectivity index (χ1n) is 6.61. The molecule has 1 amide bonds. The molecule has 0 radical (unpaired) electrons. The van der Waals surface area contributed by atoms with Crippen molar-refractivity contribution in [2.45, 2.75) is 6.42 Å². The highest BCUT2D eigenvalue weighted by molar-refractivity contribution is 9.10. The van der Waals surface area contributed by atoms with E-state index >= 15 is 0 Å². The summed E-state index contributed by atoms with van der Waals surface area (Å²) < 4.78 is 6.09. The van der Waals surface area contributed by atoms with Crippen molar-refractivity contribution in [3.8, 4) is 0 Å². The number of amides is 1. The number of rotatable bonds is 3. The van der Waals surface area contributed by atoms with E-state index < -0.39 is 0 Å². The lowest BCUT2D eigenvalue weighted by molar-refractivity contribution is -0.117. The number of aromatic nitrogens is 1. The third kappa shape index (κ3) is 2.87. The third-order valence-corrected chi connectivity index (χ3v) is 4.21. The maximum atomic E-state index is 12.5. The van der Waals surface area contributed by atoms with Gasteiger partial charge in [0.05, 0.1) is 17.1 Å². The van der Waals surface area contributed by atoms with Crippen LogP contribution in [0.1, 0.15) is 5.69 Å². The van der Waals surface area contributed by atoms with E-state index in [1.54, 1.807) is 19.2 Å². The molecule has 3 aromatic rings. The Hall–Kier alpha value is -1.85. The van der Waals surface area contributed by atoms with Gasteiger partial charge in [0, 0.05) is 16.9 Å². The molecule has 0 atom stereocenters. The lowest BCUT2D eigenvalue weighted by atomic mass is 10.1. The minimum Gasteiger partial charge on any atom is -0.356 e. The second-order valence-corrected chi connectivity index (χ2v) is 6.17. The number of likely N-dealkylation sites (N-methyl/N-ethyl adjacent to an activating group) is 1. The number of nitrogens with zero attached hydrogens (tertiary/aromatic N) is 2. The molecule has 0 bridgehead atoms. The van der Waals surface area contributed by atoms with Crippen LogP contribution in [0.25, 0.3) is 11.0 Å². The number of hydrogen-bond acceptors (Lipinski definition) is 3. The number of hydrogen-bond donors (Lipinski definition) is 0. The average molecular weight is 380 g/mol. The van der Waals surface area contributed by atoms with Gasteiger partial charge in [-0.25, -0.2) is 0 Å². The predicted molar refractivity (Wildman–Crippen MR) is 90.3 cm³/mol. The van der Waals surface area contributed by atoms with Gasteiger partial charge in [-0.2, -0.15) is 0 Å². The topological polar surface area (TPSA) is 46.3 Å². The van der Waals surface area contributed by atoms with Gasteiger partial charge in [-0.05, 0) is 30.3 Å². The van der Waals surface area contributed by atoms with Crippen LogP contribution < -0.4 is 4.90 Å². The Morgan fingerprint density at radius 3 is 2.86 bits per heavy atom. The smallest absolute Gasteiger partial charge is 0.232 e. The Bertz CT molecular complexity index is 847. The number of carbonyl (C=O) groups excluding carboxylic acids is 1. The normalized spacial score (nSPS) is 10.9. The number of carbonyl (C=O) groups is 1. The van der Waals surface area contributed by atoms with Gasteiger partial charge in [0.25, 0.3) is 0 Å². The highest BCUT2D eigenvalue weighted by Crippen LogP contribution is 2.29. The van der Waals surface area contributed by atoms with Crippen LogP contribution in [0.5, 0.6) is 0 Å². The summed E-state index contributed by atoms with van der Waals surface area (Å²) in [6.07, 6.45) is 0.153. The molecule has 4 nitrogen and oxygen atoms in total. The van der Waals surface area contributed by atoms with Crippen molar-refractivity contribution in [1.29, 1.82) is 0 Å². The van der Waals surface area contributed by atoms with E-state index in [0.29, 0.717) is 22.0 Å². The molecule has 0 saturated heterocycles. The number of para-hydroxylation sites is 1. The molecule has 0 aliphatic carbocycles. The third-order valence-electron chi connectivity index (χ3n) is 3.42. The summed E-state index contributed by atoms with van der Waals surface area (Å²) in [5.74, 6) is -0.108. The second kappa shape index (κ2) is 6.10. The summed E-state index contributed by atoms with van der Waals surface area (Å²) >= 11 is 9.54. The molecule has 22 heavy (non-hydrogen) atoms. The molecular formula is C16H12BrClN2O2. The Morgan fingerprint density at radius 2 is 2.09 bits per heavy atom. The minimum absolute atomic E-state index is 0.108. The van der Waals surface area contributed by atoms with Crippen molar-refractivity contribution >= 4 is 50.1 Å². The Kier molecular flexibility index (Phi) is 4.18. The van der Waals surface area contributed by atoms with Crippen molar-refractivity contribution in [1.82, 2.24) is 5.16 Å². The van der Waals surface area contributed by atoms with E-state index in [2.05, 4.69) is 21.1 Å². The van der Waals surface area contributed by atoms with Crippen LogP contribution in [0, 0.1) is 0 Å². The van der Waals surface area contributed by atoms with Gasteiger partial charge in [-0.3, -0.25) is 4.79 Å². The summed E-state index contributed by atoms with van der Waals surface area (Å²) in [4.78, 5) is 14.0. The van der Waals surface area contributed by atoms with Gasteiger partial charge in [0.1, 0.15) is 5.69 Å². The maximum Gasteiger partial charge on any atom is 0.232 e. The zero-order valence-corrected chi connectivity index (χ0v) is 14.1. The van der Waals surface area contributed by atoms with Gasteiger partial charge in [0.2, 0.25) is 5.91 Å². The second-order valence-electron chi connectivity index (χ2n) is 4.85. The molecule has 0 fully saturated rings. The van der Waals surface area contributed by atoms with E-state index in [1.165, 1.54) is 4.90 Å². The fourth-order valence-corrected chi connectivity index (χ4v) is 3.02. The largest absolute Gasteiger partial charge is 0.356 e. The molecule has 3 rings (SSSR count). The first-order chi connectivity index (χ1) is 10.6. The molecule has 2 aromatic carbocycles. The predicted octanol–water partition coefficient (Wildman–Crippen LogP) is 4.45. The molecule has 1 aromatic heterocycles. The van der Waals surface area contributed by atoms with Crippen LogP contribution in [-0.4, -0.2) is 18.1 Å². The van der Waals surface area contributed by atoms with E-state index in [4.69, 9.17) is 16.1 Å². The van der Waals surface area contributed by atoms with Crippen molar-refractivity contribution in [2.75, 3.05) is 11.9 Å². The molecule has 0 N–H and O–H groups in total. The van der Waals surface area contributed by atoms with Crippen LogP contribution in [0.15, 0.2) is 51.5 Å². The van der Waals surface area contributed by atoms with Crippen LogP contribution in [-0.2, 0) is 11.2 Å². The summed E-state index contributed by atoms with van der Waals surface area (Å²) in [5, 5.41) is 5.35. The van der Waals surface area contributed by atoms with E-state index in [-0.39, 0.29) is 12.3 Å². The molecule has 1 heterocycles. The fraction of sp³-hybridized carbons (Fsp3) is 0.125. The van der Waals surface area contributed by atoms with Gasteiger partial charge < -0.3 is 9.42 Å². The van der Waals surface area contributed by atoms with Crippen molar-refractivity contribution in [2.24, 2.45) is 0 Å². The highest BCUT2D eigenvalue weighted by atomic mass is 79.9. The number of benzene rings is 2. The summed E-state index contributed by atoms with van der Waals surface area (Å²) in [6, 6.07) is 12.9. The molecule has 0 spiro atoms. The van der Waals surface area contributed by atoms with Crippen molar-refractivity contribution in [3.05, 3.63) is 57.7 Å². The molecule has 112 valence electrons. The quantitative estimate of drug-likeness (QED) is 0.675. The van der Waals surface area contributed by atoms with E-state index in [1.807, 2.05) is 30.3 Å². The zero-order valence-electron chi connectivity index (χ0n) is 11.7. The highest BCUT2D eigenvalue weighted by Gasteiger charge is 2.18. The van der Waals surface area contributed by atoms with E-state index in [9.17, 15) is 4.79 Å². The average Bonchev–Trinajstić information content (AvgIpc) is 2.90. The summed E-state index contributed by atoms with van der Waals surface area (Å²) in [5.41, 5.74) is 1.96. The minimum atomic E-state index is -0.108. The Balaban J connectivity index is 1.84. The first kappa shape index (κ1) is 15.1. The standard InChI is InChI=1S/C16H12BrClN2O2/c1-20(14-7-6-10(17)8-12(14)18)16(21)9-13-11-4-2-3-5-15(11)22-19-13/h2-8H,9H2,1H3. The summed E-state index contributed by atoms with van der Waals surface area (Å²) in [6.45, 7) is 0. The lowest BCUT2D eigenvalue weighted by Gasteiger charge is -2.18. The molecule has 0 saturated carbocycles. The van der Waals surface area contributed by atoms with Crippen LogP contribution in [0.2, 0.25) is 5.02 Å². The van der Waals surface area contributed by atoms with Crippen molar-refractivity contribution < 1.29 is 9.32 Å². The van der Waals surface area contributed by atoms with Crippen LogP contribution >= 0.6 is 27.5 Å². The van der Waals surface area contributed by atoms with Gasteiger partial charge in [-0.15, -0.1) is 0 Å². The molecule has 0 unspecified atom stereocenters. The SMILES string of the molecule is CN(C(=O)Cc1noc2ccccc12)c1ccc(Br)cc1Cl. The Labute approximate surface area is 140 Å². The van der Waals surface area contributed by atoms with Crippen LogP contribution in [0.4, 0.5) is 5.69 Å². The first-order valence-corrected chi connectivity index (χ1v) is 7.78. The number of anilines is 1.